The highest BCUT2D eigenvalue weighted by atomic mass is 15.2. The maximum Gasteiger partial charge on any atom is 0.225 e. The van der Waals surface area contributed by atoms with E-state index in [-0.39, 0.29) is 6.04 Å². The third-order valence-electron chi connectivity index (χ3n) is 5.15. The van der Waals surface area contributed by atoms with Gasteiger partial charge in [0.25, 0.3) is 0 Å². The van der Waals surface area contributed by atoms with Crippen molar-refractivity contribution in [2.24, 2.45) is 0 Å². The van der Waals surface area contributed by atoms with Gasteiger partial charge in [0.15, 0.2) is 0 Å². The van der Waals surface area contributed by atoms with Crippen LogP contribution in [0.5, 0.6) is 0 Å². The second kappa shape index (κ2) is 6.12. The van der Waals surface area contributed by atoms with Crippen LogP contribution < -0.4 is 11.1 Å². The number of anilines is 2. The number of nitrogens with one attached hydrogen (secondary N) is 3. The van der Waals surface area contributed by atoms with Crippen LogP contribution >= 0.6 is 0 Å². The summed E-state index contributed by atoms with van der Waals surface area (Å²) in [6, 6.07) is 10.4. The normalized spacial score (nSPS) is 15.1. The number of aromatic amines is 2. The van der Waals surface area contributed by atoms with Crippen LogP contribution in [0.25, 0.3) is 22.2 Å². The molecule has 0 saturated heterocycles. The fourth-order valence-electron chi connectivity index (χ4n) is 3.50. The van der Waals surface area contributed by atoms with Gasteiger partial charge in [0.1, 0.15) is 5.82 Å². The van der Waals surface area contributed by atoms with Crippen molar-refractivity contribution in [1.29, 1.82) is 0 Å². The van der Waals surface area contributed by atoms with Gasteiger partial charge >= 0.3 is 0 Å². The minimum Gasteiger partial charge on any atom is -0.383 e. The topological polar surface area (TPSA) is 108 Å². The van der Waals surface area contributed by atoms with Crippen molar-refractivity contribution in [2.75, 3.05) is 11.1 Å². The molecule has 27 heavy (non-hydrogen) atoms. The lowest BCUT2D eigenvalue weighted by Gasteiger charge is -2.16. The minimum atomic E-state index is 0.0432. The van der Waals surface area contributed by atoms with Crippen LogP contribution in [0.15, 0.2) is 42.7 Å². The number of aromatic nitrogens is 5. The molecule has 0 radical (unpaired) electrons. The lowest BCUT2D eigenvalue weighted by molar-refractivity contribution is 0.870. The molecule has 3 aromatic heterocycles. The van der Waals surface area contributed by atoms with Gasteiger partial charge in [0.05, 0.1) is 17.3 Å². The van der Waals surface area contributed by atoms with Crippen molar-refractivity contribution in [3.63, 3.8) is 0 Å². The summed E-state index contributed by atoms with van der Waals surface area (Å²) in [4.78, 5) is 12.1. The quantitative estimate of drug-likeness (QED) is 0.431. The van der Waals surface area contributed by atoms with E-state index in [4.69, 9.17) is 5.73 Å². The first-order valence-corrected chi connectivity index (χ1v) is 9.20. The van der Waals surface area contributed by atoms with Crippen LogP contribution in [-0.4, -0.2) is 25.1 Å². The SMILES string of the molecule is C[C@H](Nc1ncc(-c2cc(C3CC3)[nH]n2)c(N)n1)c1cccc2[nH]ccc12. The van der Waals surface area contributed by atoms with Crippen LogP contribution in [0.1, 0.15) is 43.0 Å². The lowest BCUT2D eigenvalue weighted by Crippen LogP contribution is -2.11. The Morgan fingerprint density at radius 3 is 2.96 bits per heavy atom. The molecule has 5 rings (SSSR count). The molecule has 1 saturated carbocycles. The standard InChI is InChI=1S/C20H21N7/c1-11(13-3-2-4-16-14(13)7-8-22-16)24-20-23-10-15(19(21)25-20)18-9-17(26-27-18)12-5-6-12/h2-4,7-12,22H,5-6H2,1H3,(H,26,27)(H3,21,23,24,25)/t11-/m0/s1. The summed E-state index contributed by atoms with van der Waals surface area (Å²) in [6.45, 7) is 2.09. The summed E-state index contributed by atoms with van der Waals surface area (Å²) >= 11 is 0. The van der Waals surface area contributed by atoms with Crippen molar-refractivity contribution in [2.45, 2.75) is 31.7 Å². The smallest absolute Gasteiger partial charge is 0.225 e. The van der Waals surface area contributed by atoms with Crippen molar-refractivity contribution in [3.05, 3.63) is 54.0 Å². The van der Waals surface area contributed by atoms with Crippen LogP contribution in [-0.2, 0) is 0 Å². The van der Waals surface area contributed by atoms with Gasteiger partial charge < -0.3 is 16.0 Å². The molecule has 4 aromatic rings. The van der Waals surface area contributed by atoms with E-state index in [0.717, 1.165) is 16.8 Å². The predicted molar refractivity (Wildman–Crippen MR) is 106 cm³/mol. The highest BCUT2D eigenvalue weighted by Gasteiger charge is 2.26. The van der Waals surface area contributed by atoms with Gasteiger partial charge in [-0.05, 0) is 43.5 Å². The number of benzene rings is 1. The Bertz CT molecular complexity index is 1110. The van der Waals surface area contributed by atoms with Crippen molar-refractivity contribution in [1.82, 2.24) is 25.1 Å². The molecule has 0 spiro atoms. The van der Waals surface area contributed by atoms with E-state index in [1.807, 2.05) is 12.3 Å². The molecule has 7 heteroatoms. The van der Waals surface area contributed by atoms with E-state index in [1.54, 1.807) is 6.20 Å². The Balaban J connectivity index is 1.39. The van der Waals surface area contributed by atoms with E-state index in [1.165, 1.54) is 29.5 Å². The second-order valence-electron chi connectivity index (χ2n) is 7.13. The zero-order valence-electron chi connectivity index (χ0n) is 15.0. The molecule has 0 bridgehead atoms. The fraction of sp³-hybridized carbons (Fsp3) is 0.250. The molecule has 0 amide bonds. The van der Waals surface area contributed by atoms with Crippen LogP contribution in [0.3, 0.4) is 0 Å². The Morgan fingerprint density at radius 2 is 2.15 bits per heavy atom. The third-order valence-corrected chi connectivity index (χ3v) is 5.15. The molecule has 5 N–H and O–H groups in total. The molecule has 1 atom stereocenters. The van der Waals surface area contributed by atoms with E-state index in [2.05, 4.69) is 61.7 Å². The monoisotopic (exact) mass is 359 g/mol. The van der Waals surface area contributed by atoms with Crippen LogP contribution in [0.2, 0.25) is 0 Å². The third kappa shape index (κ3) is 2.91. The number of nitrogen functional groups attached to an aromatic ring is 1. The van der Waals surface area contributed by atoms with Gasteiger partial charge in [-0.15, -0.1) is 0 Å². The van der Waals surface area contributed by atoms with Gasteiger partial charge in [-0.2, -0.15) is 10.1 Å². The molecule has 0 aliphatic heterocycles. The number of fused-ring (bicyclic) bond motifs is 1. The van der Waals surface area contributed by atoms with E-state index >= 15 is 0 Å². The molecule has 7 nitrogen and oxygen atoms in total. The highest BCUT2D eigenvalue weighted by molar-refractivity contribution is 5.83. The summed E-state index contributed by atoms with van der Waals surface area (Å²) in [5.74, 6) is 1.55. The first kappa shape index (κ1) is 15.9. The number of nitrogens with zero attached hydrogens (tertiary/aromatic N) is 3. The summed E-state index contributed by atoms with van der Waals surface area (Å²) in [5, 5.41) is 12.0. The maximum atomic E-state index is 6.19. The van der Waals surface area contributed by atoms with Gasteiger partial charge in [-0.25, -0.2) is 4.98 Å². The Kier molecular flexibility index (Phi) is 3.60. The van der Waals surface area contributed by atoms with Gasteiger partial charge in [0.2, 0.25) is 5.95 Å². The van der Waals surface area contributed by atoms with Gasteiger partial charge in [0, 0.05) is 34.9 Å². The summed E-state index contributed by atoms with van der Waals surface area (Å²) in [7, 11) is 0. The minimum absolute atomic E-state index is 0.0432. The largest absolute Gasteiger partial charge is 0.383 e. The zero-order valence-corrected chi connectivity index (χ0v) is 15.0. The van der Waals surface area contributed by atoms with Gasteiger partial charge in [-0.1, -0.05) is 12.1 Å². The maximum absolute atomic E-state index is 6.19. The molecule has 3 heterocycles. The van der Waals surface area contributed by atoms with Gasteiger partial charge in [-0.3, -0.25) is 5.10 Å². The molecular weight excluding hydrogens is 338 g/mol. The zero-order chi connectivity index (χ0) is 18.4. The number of nitrogens with two attached hydrogens (primary N) is 1. The van der Waals surface area contributed by atoms with E-state index in [9.17, 15) is 0 Å². The number of H-pyrrole nitrogens is 2. The Labute approximate surface area is 156 Å². The lowest BCUT2D eigenvalue weighted by atomic mass is 10.0. The van der Waals surface area contributed by atoms with Crippen LogP contribution in [0, 0.1) is 0 Å². The summed E-state index contributed by atoms with van der Waals surface area (Å²) < 4.78 is 0. The molecule has 1 aromatic carbocycles. The average Bonchev–Trinajstić information content (AvgIpc) is 3.20. The Hall–Kier alpha value is -3.35. The molecular formula is C20H21N7. The number of rotatable bonds is 5. The average molecular weight is 359 g/mol. The van der Waals surface area contributed by atoms with Crippen LogP contribution in [0.4, 0.5) is 11.8 Å². The van der Waals surface area contributed by atoms with Crippen molar-refractivity contribution in [3.8, 4) is 11.3 Å². The molecule has 1 aliphatic carbocycles. The van der Waals surface area contributed by atoms with Crippen molar-refractivity contribution >= 4 is 22.7 Å². The fourth-order valence-corrected chi connectivity index (χ4v) is 3.50. The van der Waals surface area contributed by atoms with Crippen molar-refractivity contribution < 1.29 is 0 Å². The predicted octanol–water partition coefficient (Wildman–Crippen LogP) is 3.98. The molecule has 1 aliphatic rings. The summed E-state index contributed by atoms with van der Waals surface area (Å²) in [6.07, 6.45) is 6.13. The second-order valence-corrected chi connectivity index (χ2v) is 7.13. The molecule has 136 valence electrons. The Morgan fingerprint density at radius 1 is 1.26 bits per heavy atom. The first-order chi connectivity index (χ1) is 13.2. The van der Waals surface area contributed by atoms with E-state index in [0.29, 0.717) is 17.7 Å². The number of hydrogen-bond acceptors (Lipinski definition) is 5. The summed E-state index contributed by atoms with van der Waals surface area (Å²) in [5.41, 5.74) is 11.2. The molecule has 0 unspecified atom stereocenters. The highest BCUT2D eigenvalue weighted by Crippen LogP contribution is 2.40. The number of hydrogen-bond donors (Lipinski definition) is 4. The molecule has 1 fully saturated rings. The van der Waals surface area contributed by atoms with E-state index < -0.39 is 0 Å². The first-order valence-electron chi connectivity index (χ1n) is 9.20.